The first kappa shape index (κ1) is 10.6. The first-order chi connectivity index (χ1) is 7.70. The zero-order valence-electron chi connectivity index (χ0n) is 9.03. The number of aromatic nitrogens is 2. The van der Waals surface area contributed by atoms with Crippen LogP contribution in [0.5, 0.6) is 0 Å². The van der Waals surface area contributed by atoms with Crippen molar-refractivity contribution in [3.05, 3.63) is 52.2 Å². The van der Waals surface area contributed by atoms with Crippen molar-refractivity contribution in [2.45, 2.75) is 13.5 Å². The summed E-state index contributed by atoms with van der Waals surface area (Å²) >= 11 is 0. The number of nitrogens with zero attached hydrogens (tertiary/aromatic N) is 1. The van der Waals surface area contributed by atoms with E-state index in [1.807, 2.05) is 31.2 Å². The first-order valence-corrected chi connectivity index (χ1v) is 5.06. The molecular formula is C12H13N3O. The molecule has 3 N–H and O–H groups in total. The molecule has 2 rings (SSSR count). The van der Waals surface area contributed by atoms with Crippen LogP contribution in [0.15, 0.2) is 35.3 Å². The Balaban J connectivity index is 2.53. The third-order valence-corrected chi connectivity index (χ3v) is 2.37. The van der Waals surface area contributed by atoms with E-state index in [0.29, 0.717) is 11.4 Å². The van der Waals surface area contributed by atoms with Crippen molar-refractivity contribution >= 4 is 0 Å². The Morgan fingerprint density at radius 1 is 1.44 bits per heavy atom. The van der Waals surface area contributed by atoms with E-state index in [-0.39, 0.29) is 12.1 Å². The predicted molar refractivity (Wildman–Crippen MR) is 62.9 cm³/mol. The number of hydrogen-bond acceptors (Lipinski definition) is 3. The summed E-state index contributed by atoms with van der Waals surface area (Å²) in [6.07, 6.45) is 1.57. The summed E-state index contributed by atoms with van der Waals surface area (Å²) in [6, 6.07) is 7.75. The van der Waals surface area contributed by atoms with Gasteiger partial charge in [-0.1, -0.05) is 29.8 Å². The van der Waals surface area contributed by atoms with Crippen LogP contribution in [0, 0.1) is 6.92 Å². The third-order valence-electron chi connectivity index (χ3n) is 2.37. The van der Waals surface area contributed by atoms with Gasteiger partial charge in [0.1, 0.15) is 5.82 Å². The minimum absolute atomic E-state index is 0.152. The Morgan fingerprint density at radius 3 is 2.88 bits per heavy atom. The molecule has 0 unspecified atom stereocenters. The number of nitrogens with one attached hydrogen (secondary N) is 1. The van der Waals surface area contributed by atoms with Crippen molar-refractivity contribution in [1.82, 2.24) is 9.97 Å². The van der Waals surface area contributed by atoms with E-state index in [1.165, 1.54) is 0 Å². The maximum atomic E-state index is 11.8. The average Bonchev–Trinajstić information content (AvgIpc) is 2.28. The Bertz CT molecular complexity index is 560. The Hall–Kier alpha value is -1.94. The van der Waals surface area contributed by atoms with Crippen molar-refractivity contribution in [3.63, 3.8) is 0 Å². The van der Waals surface area contributed by atoms with Crippen LogP contribution in [0.1, 0.15) is 11.4 Å². The van der Waals surface area contributed by atoms with Crippen LogP contribution in [0.2, 0.25) is 0 Å². The molecular weight excluding hydrogens is 202 g/mol. The van der Waals surface area contributed by atoms with Gasteiger partial charge in [0.05, 0.1) is 12.1 Å². The second-order valence-corrected chi connectivity index (χ2v) is 3.65. The fourth-order valence-corrected chi connectivity index (χ4v) is 1.55. The molecule has 2 aromatic rings. The molecule has 0 fully saturated rings. The Labute approximate surface area is 93.2 Å². The van der Waals surface area contributed by atoms with Crippen LogP contribution in [0.4, 0.5) is 0 Å². The number of aromatic amines is 1. The SMILES string of the molecule is Cc1cccc(-c2cnc(CN)[nH]c2=O)c1. The summed E-state index contributed by atoms with van der Waals surface area (Å²) in [5.74, 6) is 0.501. The van der Waals surface area contributed by atoms with Gasteiger partial charge in [0.25, 0.3) is 5.56 Å². The van der Waals surface area contributed by atoms with Gasteiger partial charge >= 0.3 is 0 Å². The molecule has 1 aromatic heterocycles. The second-order valence-electron chi connectivity index (χ2n) is 3.65. The molecule has 0 saturated carbocycles. The molecule has 0 aliphatic heterocycles. The highest BCUT2D eigenvalue weighted by molar-refractivity contribution is 5.62. The minimum Gasteiger partial charge on any atom is -0.324 e. The van der Waals surface area contributed by atoms with Crippen molar-refractivity contribution in [1.29, 1.82) is 0 Å². The standard InChI is InChI=1S/C12H13N3O/c1-8-3-2-4-9(5-8)10-7-14-11(6-13)15-12(10)16/h2-5,7H,6,13H2,1H3,(H,14,15,16). The monoisotopic (exact) mass is 215 g/mol. The van der Waals surface area contributed by atoms with E-state index in [1.54, 1.807) is 6.20 Å². The fraction of sp³-hybridized carbons (Fsp3) is 0.167. The molecule has 4 heteroatoms. The van der Waals surface area contributed by atoms with E-state index in [2.05, 4.69) is 9.97 Å². The molecule has 0 radical (unpaired) electrons. The summed E-state index contributed by atoms with van der Waals surface area (Å²) in [6.45, 7) is 2.22. The highest BCUT2D eigenvalue weighted by atomic mass is 16.1. The fourth-order valence-electron chi connectivity index (χ4n) is 1.55. The molecule has 0 amide bonds. The number of hydrogen-bond donors (Lipinski definition) is 2. The third kappa shape index (κ3) is 2.01. The lowest BCUT2D eigenvalue weighted by atomic mass is 10.1. The van der Waals surface area contributed by atoms with E-state index < -0.39 is 0 Å². The number of aryl methyl sites for hydroxylation is 1. The van der Waals surface area contributed by atoms with E-state index in [9.17, 15) is 4.79 Å². The van der Waals surface area contributed by atoms with E-state index >= 15 is 0 Å². The molecule has 16 heavy (non-hydrogen) atoms. The Morgan fingerprint density at radius 2 is 2.25 bits per heavy atom. The lowest BCUT2D eigenvalue weighted by molar-refractivity contribution is 0.895. The van der Waals surface area contributed by atoms with Crippen LogP contribution in [-0.2, 0) is 6.54 Å². The van der Waals surface area contributed by atoms with Gasteiger partial charge in [-0.25, -0.2) is 4.98 Å². The summed E-state index contributed by atoms with van der Waals surface area (Å²) in [5.41, 5.74) is 7.80. The van der Waals surface area contributed by atoms with Gasteiger partial charge < -0.3 is 10.7 Å². The van der Waals surface area contributed by atoms with Crippen LogP contribution >= 0.6 is 0 Å². The minimum atomic E-state index is -0.152. The summed E-state index contributed by atoms with van der Waals surface area (Å²) < 4.78 is 0. The van der Waals surface area contributed by atoms with Gasteiger partial charge in [-0.3, -0.25) is 4.79 Å². The number of H-pyrrole nitrogens is 1. The second kappa shape index (κ2) is 4.28. The maximum Gasteiger partial charge on any atom is 0.258 e. The zero-order valence-corrected chi connectivity index (χ0v) is 9.03. The summed E-state index contributed by atoms with van der Waals surface area (Å²) in [7, 11) is 0. The lowest BCUT2D eigenvalue weighted by Gasteiger charge is -2.02. The molecule has 0 saturated heterocycles. The van der Waals surface area contributed by atoms with Gasteiger partial charge in [-0.2, -0.15) is 0 Å². The molecule has 0 spiro atoms. The maximum absolute atomic E-state index is 11.8. The first-order valence-electron chi connectivity index (χ1n) is 5.06. The largest absolute Gasteiger partial charge is 0.324 e. The molecule has 0 atom stereocenters. The molecule has 0 aliphatic carbocycles. The number of nitrogens with two attached hydrogens (primary N) is 1. The van der Waals surface area contributed by atoms with Crippen LogP contribution in [0.25, 0.3) is 11.1 Å². The Kier molecular flexibility index (Phi) is 2.83. The predicted octanol–water partition coefficient (Wildman–Crippen LogP) is 1.20. The molecule has 1 aromatic carbocycles. The lowest BCUT2D eigenvalue weighted by Crippen LogP contribution is -2.15. The highest BCUT2D eigenvalue weighted by Gasteiger charge is 2.04. The molecule has 0 bridgehead atoms. The van der Waals surface area contributed by atoms with Crippen molar-refractivity contribution in [3.8, 4) is 11.1 Å². The normalized spacial score (nSPS) is 10.4. The van der Waals surface area contributed by atoms with Crippen molar-refractivity contribution in [2.75, 3.05) is 0 Å². The quantitative estimate of drug-likeness (QED) is 0.790. The number of benzene rings is 1. The topological polar surface area (TPSA) is 71.8 Å². The van der Waals surface area contributed by atoms with Crippen molar-refractivity contribution < 1.29 is 0 Å². The summed E-state index contributed by atoms with van der Waals surface area (Å²) in [4.78, 5) is 18.5. The highest BCUT2D eigenvalue weighted by Crippen LogP contribution is 2.15. The van der Waals surface area contributed by atoms with E-state index in [4.69, 9.17) is 5.73 Å². The van der Waals surface area contributed by atoms with Crippen LogP contribution in [0.3, 0.4) is 0 Å². The summed E-state index contributed by atoms with van der Waals surface area (Å²) in [5, 5.41) is 0. The molecule has 0 aliphatic rings. The van der Waals surface area contributed by atoms with Crippen LogP contribution in [-0.4, -0.2) is 9.97 Å². The smallest absolute Gasteiger partial charge is 0.258 e. The molecule has 82 valence electrons. The molecule has 4 nitrogen and oxygen atoms in total. The number of rotatable bonds is 2. The van der Waals surface area contributed by atoms with E-state index in [0.717, 1.165) is 11.1 Å². The van der Waals surface area contributed by atoms with Gasteiger partial charge in [-0.05, 0) is 12.5 Å². The zero-order chi connectivity index (χ0) is 11.5. The van der Waals surface area contributed by atoms with Gasteiger partial charge in [0, 0.05) is 6.20 Å². The van der Waals surface area contributed by atoms with Crippen LogP contribution < -0.4 is 11.3 Å². The average molecular weight is 215 g/mol. The van der Waals surface area contributed by atoms with Gasteiger partial charge in [0.2, 0.25) is 0 Å². The molecule has 1 heterocycles. The van der Waals surface area contributed by atoms with Gasteiger partial charge in [-0.15, -0.1) is 0 Å². The van der Waals surface area contributed by atoms with Crippen molar-refractivity contribution in [2.24, 2.45) is 5.73 Å². The van der Waals surface area contributed by atoms with Gasteiger partial charge in [0.15, 0.2) is 0 Å².